The number of aliphatic hydroxyl groups is 1. The quantitative estimate of drug-likeness (QED) is 0.194. The third-order valence-electron chi connectivity index (χ3n) is 5.20. The summed E-state index contributed by atoms with van der Waals surface area (Å²) < 4.78 is 6.34. The molecule has 186 valence electrons. The van der Waals surface area contributed by atoms with Crippen LogP contribution in [0.25, 0.3) is 5.76 Å². The number of aliphatic hydroxyl groups excluding tert-OH is 1. The number of nitrogens with zero attached hydrogens (tertiary/aromatic N) is 1. The summed E-state index contributed by atoms with van der Waals surface area (Å²) in [5, 5.41) is 16.0. The fourth-order valence-electron chi connectivity index (χ4n) is 3.33. The van der Waals surface area contributed by atoms with Crippen LogP contribution in [-0.4, -0.2) is 25.2 Å². The summed E-state index contributed by atoms with van der Waals surface area (Å²) in [4.78, 5) is 2.38. The highest BCUT2D eigenvalue weighted by molar-refractivity contribution is 5.78. The van der Waals surface area contributed by atoms with E-state index in [1.807, 2.05) is 25.3 Å². The zero-order valence-corrected chi connectivity index (χ0v) is 21.3. The van der Waals surface area contributed by atoms with Crippen LogP contribution in [0.5, 0.6) is 5.75 Å². The van der Waals surface area contributed by atoms with Gasteiger partial charge in [0, 0.05) is 31.9 Å². The van der Waals surface area contributed by atoms with E-state index in [0.717, 1.165) is 74.5 Å². The van der Waals surface area contributed by atoms with Gasteiger partial charge in [0.05, 0.1) is 11.4 Å². The second-order valence-corrected chi connectivity index (χ2v) is 7.92. The van der Waals surface area contributed by atoms with E-state index >= 15 is 0 Å². The Hall–Kier alpha value is -3.34. The van der Waals surface area contributed by atoms with Gasteiger partial charge in [0.25, 0.3) is 0 Å². The van der Waals surface area contributed by atoms with E-state index in [4.69, 9.17) is 4.74 Å². The van der Waals surface area contributed by atoms with Gasteiger partial charge >= 0.3 is 0 Å². The van der Waals surface area contributed by atoms with Gasteiger partial charge in [-0.15, -0.1) is 0 Å². The third-order valence-corrected chi connectivity index (χ3v) is 5.20. The van der Waals surface area contributed by atoms with Crippen LogP contribution in [0.15, 0.2) is 80.4 Å². The number of hydrogen-bond donors (Lipinski definition) is 3. The van der Waals surface area contributed by atoms with Crippen LogP contribution in [0.3, 0.4) is 0 Å². The first-order valence-corrected chi connectivity index (χ1v) is 12.2. The highest BCUT2D eigenvalue weighted by Crippen LogP contribution is 2.40. The predicted octanol–water partition coefficient (Wildman–Crippen LogP) is 7.70. The minimum absolute atomic E-state index is 0.0713. The van der Waals surface area contributed by atoms with Crippen molar-refractivity contribution in [3.63, 3.8) is 0 Å². The molecule has 0 saturated heterocycles. The van der Waals surface area contributed by atoms with Gasteiger partial charge in [-0.05, 0) is 62.2 Å². The number of rotatable bonds is 14. The Morgan fingerprint density at radius 3 is 2.35 bits per heavy atom. The molecule has 1 aromatic rings. The first-order chi connectivity index (χ1) is 16.5. The first-order valence-electron chi connectivity index (χ1n) is 12.2. The smallest absolute Gasteiger partial charge is 0.173 e. The van der Waals surface area contributed by atoms with Crippen molar-refractivity contribution in [2.24, 2.45) is 0 Å². The minimum Gasteiger partial charge on any atom is -0.508 e. The van der Waals surface area contributed by atoms with Gasteiger partial charge in [0.2, 0.25) is 0 Å². The highest BCUT2D eigenvalue weighted by atomic mass is 16.5. The topological polar surface area (TPSA) is 56.8 Å². The zero-order valence-electron chi connectivity index (χ0n) is 21.3. The summed E-state index contributed by atoms with van der Waals surface area (Å²) >= 11 is 0. The molecular formula is C29H43N3O2. The maximum Gasteiger partial charge on any atom is 0.173 e. The van der Waals surface area contributed by atoms with Crippen molar-refractivity contribution < 1.29 is 9.84 Å². The van der Waals surface area contributed by atoms with E-state index in [0.29, 0.717) is 5.56 Å². The van der Waals surface area contributed by atoms with Crippen molar-refractivity contribution in [2.45, 2.75) is 52.4 Å². The lowest BCUT2D eigenvalue weighted by Gasteiger charge is -2.29. The summed E-state index contributed by atoms with van der Waals surface area (Å²) in [6, 6.07) is 3.89. The SMILES string of the molecule is C=C(O)c1cc(NC)c(OC2=CCCC=C2)c(N(CCCC)CCCC)c1.C=C/C=C\NC=C. The molecule has 0 aliphatic heterocycles. The van der Waals surface area contributed by atoms with E-state index in [1.165, 1.54) is 0 Å². The molecule has 1 aromatic carbocycles. The van der Waals surface area contributed by atoms with Gasteiger partial charge in [0.15, 0.2) is 5.75 Å². The second kappa shape index (κ2) is 17.2. The Labute approximate surface area is 206 Å². The summed E-state index contributed by atoms with van der Waals surface area (Å²) in [6.07, 6.45) is 19.7. The molecule has 0 amide bonds. The van der Waals surface area contributed by atoms with Crippen molar-refractivity contribution in [3.8, 4) is 5.75 Å². The van der Waals surface area contributed by atoms with Crippen LogP contribution < -0.4 is 20.3 Å². The number of allylic oxidation sites excluding steroid dienone is 5. The van der Waals surface area contributed by atoms with Gasteiger partial charge in [-0.3, -0.25) is 0 Å². The molecule has 2 rings (SSSR count). The van der Waals surface area contributed by atoms with Crippen LogP contribution in [0.2, 0.25) is 0 Å². The normalized spacial score (nSPS) is 12.3. The molecule has 1 aliphatic carbocycles. The molecule has 0 fully saturated rings. The lowest BCUT2D eigenvalue weighted by molar-refractivity contribution is 0.439. The Bertz CT molecular complexity index is 860. The van der Waals surface area contributed by atoms with Gasteiger partial charge in [0.1, 0.15) is 11.5 Å². The van der Waals surface area contributed by atoms with Crippen molar-refractivity contribution in [2.75, 3.05) is 30.4 Å². The van der Waals surface area contributed by atoms with Crippen molar-refractivity contribution in [1.29, 1.82) is 0 Å². The first kappa shape index (κ1) is 28.7. The van der Waals surface area contributed by atoms with E-state index in [-0.39, 0.29) is 5.76 Å². The van der Waals surface area contributed by atoms with E-state index in [9.17, 15) is 5.11 Å². The number of anilines is 2. The van der Waals surface area contributed by atoms with Gasteiger partial charge < -0.3 is 25.4 Å². The molecule has 0 radical (unpaired) electrons. The Morgan fingerprint density at radius 1 is 1.15 bits per heavy atom. The van der Waals surface area contributed by atoms with Crippen LogP contribution in [0.1, 0.15) is 57.9 Å². The van der Waals surface area contributed by atoms with Crippen molar-refractivity contribution in [1.82, 2.24) is 5.32 Å². The molecule has 0 bridgehead atoms. The van der Waals surface area contributed by atoms with E-state index < -0.39 is 0 Å². The van der Waals surface area contributed by atoms with Crippen LogP contribution in [0.4, 0.5) is 11.4 Å². The molecule has 3 N–H and O–H groups in total. The number of unbranched alkanes of at least 4 members (excludes halogenated alkanes) is 2. The third kappa shape index (κ3) is 10.1. The lowest BCUT2D eigenvalue weighted by atomic mass is 10.1. The maximum absolute atomic E-state index is 10.0. The molecule has 0 aromatic heterocycles. The second-order valence-electron chi connectivity index (χ2n) is 7.92. The molecule has 0 unspecified atom stereocenters. The monoisotopic (exact) mass is 465 g/mol. The average Bonchev–Trinajstić information content (AvgIpc) is 2.85. The van der Waals surface area contributed by atoms with E-state index in [2.05, 4.69) is 61.3 Å². The lowest BCUT2D eigenvalue weighted by Crippen LogP contribution is -2.26. The molecule has 5 nitrogen and oxygen atoms in total. The molecule has 0 saturated carbocycles. The Morgan fingerprint density at radius 2 is 1.85 bits per heavy atom. The molecule has 5 heteroatoms. The molecule has 34 heavy (non-hydrogen) atoms. The minimum atomic E-state index is 0.0713. The average molecular weight is 466 g/mol. The molecule has 0 atom stereocenters. The van der Waals surface area contributed by atoms with Gasteiger partial charge in [-0.2, -0.15) is 0 Å². The van der Waals surface area contributed by atoms with E-state index in [1.54, 1.807) is 24.6 Å². The fourth-order valence-corrected chi connectivity index (χ4v) is 3.33. The predicted molar refractivity (Wildman–Crippen MR) is 149 cm³/mol. The molecule has 1 aliphatic rings. The van der Waals surface area contributed by atoms with Gasteiger partial charge in [-0.1, -0.05) is 58.6 Å². The number of benzene rings is 1. The van der Waals surface area contributed by atoms with Crippen LogP contribution in [0, 0.1) is 0 Å². The number of hydrogen-bond acceptors (Lipinski definition) is 5. The Balaban J connectivity index is 0.000000718. The highest BCUT2D eigenvalue weighted by Gasteiger charge is 2.19. The molecule has 0 heterocycles. The van der Waals surface area contributed by atoms with Crippen LogP contribution >= 0.6 is 0 Å². The summed E-state index contributed by atoms with van der Waals surface area (Å²) in [7, 11) is 1.88. The fraction of sp³-hybridized carbons (Fsp3) is 0.379. The molecular weight excluding hydrogens is 422 g/mol. The largest absolute Gasteiger partial charge is 0.508 e. The summed E-state index contributed by atoms with van der Waals surface area (Å²) in [5.41, 5.74) is 2.58. The van der Waals surface area contributed by atoms with Crippen molar-refractivity contribution >= 4 is 17.1 Å². The maximum atomic E-state index is 10.0. The number of nitrogens with one attached hydrogen (secondary N) is 2. The zero-order chi connectivity index (χ0) is 25.2. The Kier molecular flexibility index (Phi) is 14.5. The van der Waals surface area contributed by atoms with Crippen LogP contribution in [-0.2, 0) is 0 Å². The van der Waals surface area contributed by atoms with Gasteiger partial charge in [-0.25, -0.2) is 0 Å². The molecule has 0 spiro atoms. The number of ether oxygens (including phenoxy) is 1. The summed E-state index contributed by atoms with van der Waals surface area (Å²) in [6.45, 7) is 17.0. The standard InChI is InChI=1S/C23H34N2O2.C6H9N/c1-5-7-14-25(15-8-6-2)22-17-19(18(3)26)16-21(24-4)23(22)27-20-12-10-9-11-13-20;1-3-5-6-7-4-2/h10,12-13,16-17,24,26H,3,5-9,11,14-15H2,1-2,4H3;3-7H,1-2H2/b;6-5-. The summed E-state index contributed by atoms with van der Waals surface area (Å²) in [5.74, 6) is 1.76. The van der Waals surface area contributed by atoms with Crippen molar-refractivity contribution in [3.05, 3.63) is 86.0 Å².